The van der Waals surface area contributed by atoms with Gasteiger partial charge in [-0.3, -0.25) is 4.79 Å². The molecule has 0 atom stereocenters. The number of amides is 1. The van der Waals surface area contributed by atoms with E-state index in [1.165, 1.54) is 4.88 Å². The van der Waals surface area contributed by atoms with Crippen molar-refractivity contribution in [2.75, 3.05) is 6.54 Å². The van der Waals surface area contributed by atoms with Crippen molar-refractivity contribution in [3.8, 4) is 0 Å². The Morgan fingerprint density at radius 2 is 2.24 bits per heavy atom. The topological polar surface area (TPSA) is 55.1 Å². The molecule has 1 aromatic heterocycles. The van der Waals surface area contributed by atoms with Crippen molar-refractivity contribution in [2.24, 2.45) is 5.73 Å². The maximum Gasteiger partial charge on any atom is 0.220 e. The van der Waals surface area contributed by atoms with Crippen LogP contribution in [0.5, 0.6) is 0 Å². The van der Waals surface area contributed by atoms with E-state index < -0.39 is 0 Å². The Labute approximate surface area is 111 Å². The smallest absolute Gasteiger partial charge is 0.220 e. The van der Waals surface area contributed by atoms with E-state index in [1.807, 2.05) is 26.0 Å². The van der Waals surface area contributed by atoms with Crippen molar-refractivity contribution < 1.29 is 4.79 Å². The molecule has 0 aliphatic carbocycles. The first kappa shape index (κ1) is 14.5. The molecular weight excluding hydrogens is 256 g/mol. The Morgan fingerprint density at radius 1 is 1.53 bits per heavy atom. The molecule has 3 nitrogen and oxygen atoms in total. The average molecular weight is 275 g/mol. The summed E-state index contributed by atoms with van der Waals surface area (Å²) in [7, 11) is 0. The molecule has 0 radical (unpaired) electrons. The van der Waals surface area contributed by atoms with Gasteiger partial charge in [-0.2, -0.15) is 0 Å². The first-order valence-corrected chi connectivity index (χ1v) is 6.86. The van der Waals surface area contributed by atoms with Gasteiger partial charge in [0.05, 0.1) is 4.34 Å². The Kier molecular flexibility index (Phi) is 5.43. The van der Waals surface area contributed by atoms with Crippen LogP contribution in [0.2, 0.25) is 4.34 Å². The van der Waals surface area contributed by atoms with Crippen LogP contribution < -0.4 is 11.1 Å². The van der Waals surface area contributed by atoms with Crippen LogP contribution in [0.3, 0.4) is 0 Å². The molecule has 1 rings (SSSR count). The molecule has 0 unspecified atom stereocenters. The molecule has 0 saturated carbocycles. The van der Waals surface area contributed by atoms with Crippen LogP contribution in [0.4, 0.5) is 0 Å². The fraction of sp³-hybridized carbons (Fsp3) is 0.583. The SMILES string of the molecule is CC(C)(N)CCC(=O)NCCc1ccc(Cl)s1. The van der Waals surface area contributed by atoms with Gasteiger partial charge in [-0.1, -0.05) is 11.6 Å². The summed E-state index contributed by atoms with van der Waals surface area (Å²) in [6.07, 6.45) is 2.01. The molecule has 1 amide bonds. The van der Waals surface area contributed by atoms with E-state index in [4.69, 9.17) is 17.3 Å². The fourth-order valence-corrected chi connectivity index (χ4v) is 2.42. The minimum absolute atomic E-state index is 0.0613. The van der Waals surface area contributed by atoms with Crippen LogP contribution in [-0.2, 0) is 11.2 Å². The molecule has 96 valence electrons. The highest BCUT2D eigenvalue weighted by atomic mass is 35.5. The highest BCUT2D eigenvalue weighted by molar-refractivity contribution is 7.16. The minimum Gasteiger partial charge on any atom is -0.356 e. The van der Waals surface area contributed by atoms with Gasteiger partial charge < -0.3 is 11.1 Å². The number of hydrogen-bond donors (Lipinski definition) is 2. The number of thiophene rings is 1. The Hall–Kier alpha value is -0.580. The van der Waals surface area contributed by atoms with Crippen LogP contribution in [0.15, 0.2) is 12.1 Å². The van der Waals surface area contributed by atoms with Crippen LogP contribution >= 0.6 is 22.9 Å². The summed E-state index contributed by atoms with van der Waals surface area (Å²) in [5.74, 6) is 0.0613. The van der Waals surface area contributed by atoms with Crippen molar-refractivity contribution >= 4 is 28.8 Å². The minimum atomic E-state index is -0.279. The number of carbonyl (C=O) groups is 1. The fourth-order valence-electron chi connectivity index (χ4n) is 1.34. The second-order valence-electron chi connectivity index (χ2n) is 4.79. The van der Waals surface area contributed by atoms with Crippen LogP contribution in [0.25, 0.3) is 0 Å². The zero-order chi connectivity index (χ0) is 12.9. The second kappa shape index (κ2) is 6.38. The van der Waals surface area contributed by atoms with Crippen molar-refractivity contribution in [1.29, 1.82) is 0 Å². The molecule has 0 aromatic carbocycles. The van der Waals surface area contributed by atoms with Gasteiger partial charge in [0.2, 0.25) is 5.91 Å². The Balaban J connectivity index is 2.16. The first-order chi connectivity index (χ1) is 7.87. The third-order valence-electron chi connectivity index (χ3n) is 2.32. The van der Waals surface area contributed by atoms with Crippen molar-refractivity contribution in [3.05, 3.63) is 21.3 Å². The molecule has 0 aliphatic rings. The van der Waals surface area contributed by atoms with Gasteiger partial charge in [-0.15, -0.1) is 11.3 Å². The second-order valence-corrected chi connectivity index (χ2v) is 6.59. The summed E-state index contributed by atoms with van der Waals surface area (Å²) in [4.78, 5) is 12.7. The first-order valence-electron chi connectivity index (χ1n) is 5.66. The van der Waals surface area contributed by atoms with Crippen molar-refractivity contribution in [3.63, 3.8) is 0 Å². The average Bonchev–Trinajstić information content (AvgIpc) is 2.60. The zero-order valence-corrected chi connectivity index (χ0v) is 11.8. The van der Waals surface area contributed by atoms with E-state index in [-0.39, 0.29) is 11.4 Å². The van der Waals surface area contributed by atoms with Gasteiger partial charge in [-0.25, -0.2) is 0 Å². The van der Waals surface area contributed by atoms with Gasteiger partial charge in [0.15, 0.2) is 0 Å². The van der Waals surface area contributed by atoms with Gasteiger partial charge in [0.1, 0.15) is 0 Å². The third kappa shape index (κ3) is 6.66. The standard InChI is InChI=1S/C12H19ClN2OS/c1-12(2,14)7-5-11(16)15-8-6-9-3-4-10(13)17-9/h3-4H,5-8,14H2,1-2H3,(H,15,16). The van der Waals surface area contributed by atoms with Crippen LogP contribution in [0, 0.1) is 0 Å². The van der Waals surface area contributed by atoms with E-state index in [0.717, 1.165) is 10.8 Å². The predicted octanol–water partition coefficient (Wildman–Crippen LogP) is 2.58. The Bertz CT molecular complexity index is 371. The molecule has 0 aliphatic heterocycles. The van der Waals surface area contributed by atoms with Gasteiger partial charge in [0.25, 0.3) is 0 Å². The van der Waals surface area contributed by atoms with E-state index >= 15 is 0 Å². The lowest BCUT2D eigenvalue weighted by Crippen LogP contribution is -2.34. The summed E-state index contributed by atoms with van der Waals surface area (Å²) in [5, 5.41) is 2.88. The number of nitrogens with two attached hydrogens (primary N) is 1. The summed E-state index contributed by atoms with van der Waals surface area (Å²) in [5.41, 5.74) is 5.53. The van der Waals surface area contributed by atoms with Gasteiger partial charge in [-0.05, 0) is 38.8 Å². The largest absolute Gasteiger partial charge is 0.356 e. The van der Waals surface area contributed by atoms with E-state index in [2.05, 4.69) is 5.32 Å². The molecule has 5 heteroatoms. The van der Waals surface area contributed by atoms with Crippen LogP contribution in [0.1, 0.15) is 31.6 Å². The quantitative estimate of drug-likeness (QED) is 0.838. The highest BCUT2D eigenvalue weighted by Gasteiger charge is 2.12. The molecule has 17 heavy (non-hydrogen) atoms. The Morgan fingerprint density at radius 3 is 2.76 bits per heavy atom. The molecule has 1 heterocycles. The lowest BCUT2D eigenvalue weighted by atomic mass is 10.00. The van der Waals surface area contributed by atoms with E-state index in [0.29, 0.717) is 19.4 Å². The summed E-state index contributed by atoms with van der Waals surface area (Å²) in [6.45, 7) is 4.50. The van der Waals surface area contributed by atoms with Crippen LogP contribution in [-0.4, -0.2) is 18.0 Å². The zero-order valence-electron chi connectivity index (χ0n) is 10.3. The summed E-state index contributed by atoms with van der Waals surface area (Å²) in [6, 6.07) is 3.86. The lowest BCUT2D eigenvalue weighted by Gasteiger charge is -2.17. The molecule has 3 N–H and O–H groups in total. The molecular formula is C12H19ClN2OS. The third-order valence-corrected chi connectivity index (χ3v) is 3.61. The number of rotatable bonds is 6. The molecule has 1 aromatic rings. The maximum atomic E-state index is 11.5. The summed E-state index contributed by atoms with van der Waals surface area (Å²) < 4.78 is 0.788. The number of nitrogens with one attached hydrogen (secondary N) is 1. The molecule has 0 bridgehead atoms. The lowest BCUT2D eigenvalue weighted by molar-refractivity contribution is -0.121. The monoisotopic (exact) mass is 274 g/mol. The summed E-state index contributed by atoms with van der Waals surface area (Å²) >= 11 is 7.37. The highest BCUT2D eigenvalue weighted by Crippen LogP contribution is 2.21. The van der Waals surface area contributed by atoms with E-state index in [9.17, 15) is 4.79 Å². The van der Waals surface area contributed by atoms with E-state index in [1.54, 1.807) is 11.3 Å². The molecule has 0 fully saturated rings. The number of halogens is 1. The number of carbonyl (C=O) groups excluding carboxylic acids is 1. The van der Waals surface area contributed by atoms with Crippen molar-refractivity contribution in [1.82, 2.24) is 5.32 Å². The van der Waals surface area contributed by atoms with Gasteiger partial charge >= 0.3 is 0 Å². The molecule has 0 spiro atoms. The number of hydrogen-bond acceptors (Lipinski definition) is 3. The van der Waals surface area contributed by atoms with Gasteiger partial charge in [0, 0.05) is 23.4 Å². The normalized spacial score (nSPS) is 11.5. The van der Waals surface area contributed by atoms with Crippen molar-refractivity contribution in [2.45, 2.75) is 38.6 Å². The predicted molar refractivity (Wildman–Crippen MR) is 73.5 cm³/mol. The molecule has 0 saturated heterocycles. The maximum absolute atomic E-state index is 11.5.